The molecule has 0 saturated carbocycles. The van der Waals surface area contributed by atoms with Gasteiger partial charge in [-0.15, -0.1) is 0 Å². The fourth-order valence-electron chi connectivity index (χ4n) is 1.72. The number of ether oxygens (including phenoxy) is 2. The van der Waals surface area contributed by atoms with Gasteiger partial charge in [0.2, 0.25) is 0 Å². The van der Waals surface area contributed by atoms with Crippen LogP contribution in [0, 0.1) is 0 Å². The monoisotopic (exact) mass is 331 g/mol. The van der Waals surface area contributed by atoms with E-state index >= 15 is 0 Å². The van der Waals surface area contributed by atoms with Crippen LogP contribution in [0.1, 0.15) is 6.92 Å². The summed E-state index contributed by atoms with van der Waals surface area (Å²) in [5.41, 5.74) is 1.62. The SMILES string of the molecule is C=C(C)COc1ccc(NC(=O)COc2ccc(Cl)cc2)cc1. The molecule has 2 rings (SSSR count). The molecule has 0 heterocycles. The van der Waals surface area contributed by atoms with E-state index in [4.69, 9.17) is 21.1 Å². The standard InChI is InChI=1S/C18H18ClNO3/c1-13(2)11-22-17-9-5-15(6-10-17)20-18(21)12-23-16-7-3-14(19)4-8-16/h3-10H,1,11-12H2,2H3,(H,20,21). The summed E-state index contributed by atoms with van der Waals surface area (Å²) in [6, 6.07) is 14.0. The van der Waals surface area contributed by atoms with Crippen molar-refractivity contribution in [2.24, 2.45) is 0 Å². The molecule has 5 heteroatoms. The van der Waals surface area contributed by atoms with Crippen molar-refractivity contribution in [1.82, 2.24) is 0 Å². The van der Waals surface area contributed by atoms with Gasteiger partial charge in [0.25, 0.3) is 5.91 Å². The van der Waals surface area contributed by atoms with E-state index in [2.05, 4.69) is 11.9 Å². The number of halogens is 1. The first-order chi connectivity index (χ1) is 11.0. The molecule has 0 aliphatic carbocycles. The molecule has 0 bridgehead atoms. The Balaban J connectivity index is 1.80. The molecule has 2 aromatic rings. The van der Waals surface area contributed by atoms with Gasteiger partial charge < -0.3 is 14.8 Å². The van der Waals surface area contributed by atoms with Crippen molar-refractivity contribution in [2.75, 3.05) is 18.5 Å². The normalized spacial score (nSPS) is 10.0. The van der Waals surface area contributed by atoms with Gasteiger partial charge in [0.05, 0.1) is 0 Å². The maximum Gasteiger partial charge on any atom is 0.262 e. The van der Waals surface area contributed by atoms with Crippen molar-refractivity contribution in [1.29, 1.82) is 0 Å². The minimum atomic E-state index is -0.240. The number of hydrogen-bond acceptors (Lipinski definition) is 3. The number of anilines is 1. The third-order valence-corrected chi connectivity index (χ3v) is 3.06. The lowest BCUT2D eigenvalue weighted by molar-refractivity contribution is -0.118. The van der Waals surface area contributed by atoms with Gasteiger partial charge in [-0.25, -0.2) is 0 Å². The van der Waals surface area contributed by atoms with Crippen molar-refractivity contribution in [2.45, 2.75) is 6.92 Å². The molecule has 1 N–H and O–H groups in total. The summed E-state index contributed by atoms with van der Waals surface area (Å²) in [6.45, 7) is 6.07. The topological polar surface area (TPSA) is 47.6 Å². The van der Waals surface area contributed by atoms with Crippen molar-refractivity contribution in [3.8, 4) is 11.5 Å². The van der Waals surface area contributed by atoms with Crippen LogP contribution >= 0.6 is 11.6 Å². The van der Waals surface area contributed by atoms with Gasteiger partial charge in [0.15, 0.2) is 6.61 Å². The minimum absolute atomic E-state index is 0.0739. The number of amides is 1. The summed E-state index contributed by atoms with van der Waals surface area (Å²) >= 11 is 5.78. The van der Waals surface area contributed by atoms with Crippen LogP contribution in [0.25, 0.3) is 0 Å². The van der Waals surface area contributed by atoms with E-state index in [1.807, 2.05) is 6.92 Å². The van der Waals surface area contributed by atoms with Crippen molar-refractivity contribution >= 4 is 23.2 Å². The first-order valence-corrected chi connectivity index (χ1v) is 7.46. The average molecular weight is 332 g/mol. The molecule has 0 atom stereocenters. The lowest BCUT2D eigenvalue weighted by Gasteiger charge is -2.09. The maximum atomic E-state index is 11.8. The Kier molecular flexibility index (Phi) is 6.06. The van der Waals surface area contributed by atoms with Crippen molar-refractivity contribution in [3.05, 3.63) is 65.7 Å². The zero-order valence-electron chi connectivity index (χ0n) is 12.8. The number of nitrogens with one attached hydrogen (secondary N) is 1. The van der Waals surface area contributed by atoms with Crippen LogP contribution in [0.15, 0.2) is 60.7 Å². The second-order valence-corrected chi connectivity index (χ2v) is 5.50. The predicted octanol–water partition coefficient (Wildman–Crippen LogP) is 4.31. The van der Waals surface area contributed by atoms with Gasteiger partial charge in [-0.3, -0.25) is 4.79 Å². The zero-order chi connectivity index (χ0) is 16.7. The van der Waals surface area contributed by atoms with Gasteiger partial charge in [0, 0.05) is 10.7 Å². The molecule has 0 aliphatic rings. The van der Waals surface area contributed by atoms with Crippen LogP contribution in [-0.2, 0) is 4.79 Å². The molecular formula is C18H18ClNO3. The van der Waals surface area contributed by atoms with Gasteiger partial charge in [-0.1, -0.05) is 18.2 Å². The van der Waals surface area contributed by atoms with Crippen LogP contribution < -0.4 is 14.8 Å². The molecule has 0 unspecified atom stereocenters. The number of carbonyl (C=O) groups excluding carboxylic acids is 1. The fourth-order valence-corrected chi connectivity index (χ4v) is 1.84. The number of hydrogen-bond donors (Lipinski definition) is 1. The van der Waals surface area contributed by atoms with Gasteiger partial charge in [-0.2, -0.15) is 0 Å². The summed E-state index contributed by atoms with van der Waals surface area (Å²) in [5, 5.41) is 3.37. The molecule has 23 heavy (non-hydrogen) atoms. The van der Waals surface area contributed by atoms with E-state index in [0.29, 0.717) is 23.1 Å². The highest BCUT2D eigenvalue weighted by molar-refractivity contribution is 6.30. The molecule has 0 saturated heterocycles. The van der Waals surface area contributed by atoms with E-state index in [9.17, 15) is 4.79 Å². The van der Waals surface area contributed by atoms with E-state index in [1.165, 1.54) is 0 Å². The second kappa shape index (κ2) is 8.25. The number of rotatable bonds is 7. The number of carbonyl (C=O) groups is 1. The van der Waals surface area contributed by atoms with Crippen molar-refractivity contribution < 1.29 is 14.3 Å². The van der Waals surface area contributed by atoms with Crippen LogP contribution in [0.4, 0.5) is 5.69 Å². The average Bonchev–Trinajstić information content (AvgIpc) is 2.53. The van der Waals surface area contributed by atoms with Crippen LogP contribution in [0.3, 0.4) is 0 Å². The quantitative estimate of drug-likeness (QED) is 0.769. The van der Waals surface area contributed by atoms with Gasteiger partial charge in [-0.05, 0) is 61.0 Å². The largest absolute Gasteiger partial charge is 0.489 e. The molecule has 0 fully saturated rings. The molecule has 2 aromatic carbocycles. The Morgan fingerprint density at radius 3 is 2.09 bits per heavy atom. The first kappa shape index (κ1) is 16.9. The van der Waals surface area contributed by atoms with Crippen LogP contribution in [-0.4, -0.2) is 19.1 Å². The van der Waals surface area contributed by atoms with Crippen LogP contribution in [0.5, 0.6) is 11.5 Å². The second-order valence-electron chi connectivity index (χ2n) is 5.06. The minimum Gasteiger partial charge on any atom is -0.489 e. The predicted molar refractivity (Wildman–Crippen MR) is 92.3 cm³/mol. The Bertz CT molecular complexity index is 666. The molecule has 1 amide bonds. The molecule has 0 spiro atoms. The molecule has 4 nitrogen and oxygen atoms in total. The third-order valence-electron chi connectivity index (χ3n) is 2.81. The zero-order valence-corrected chi connectivity index (χ0v) is 13.6. The summed E-state index contributed by atoms with van der Waals surface area (Å²) in [6.07, 6.45) is 0. The summed E-state index contributed by atoms with van der Waals surface area (Å²) in [4.78, 5) is 11.8. The summed E-state index contributed by atoms with van der Waals surface area (Å²) in [7, 11) is 0. The molecule has 120 valence electrons. The smallest absolute Gasteiger partial charge is 0.262 e. The van der Waals surface area contributed by atoms with Crippen molar-refractivity contribution in [3.63, 3.8) is 0 Å². The van der Waals surface area contributed by atoms with Gasteiger partial charge >= 0.3 is 0 Å². The van der Waals surface area contributed by atoms with Crippen LogP contribution in [0.2, 0.25) is 5.02 Å². The fraction of sp³-hybridized carbons (Fsp3) is 0.167. The highest BCUT2D eigenvalue weighted by Crippen LogP contribution is 2.17. The van der Waals surface area contributed by atoms with E-state index in [-0.39, 0.29) is 12.5 Å². The lowest BCUT2D eigenvalue weighted by atomic mass is 10.3. The molecular weight excluding hydrogens is 314 g/mol. The van der Waals surface area contributed by atoms with E-state index < -0.39 is 0 Å². The highest BCUT2D eigenvalue weighted by Gasteiger charge is 2.04. The Labute approximate surface area is 140 Å². The third kappa shape index (κ3) is 6.04. The molecule has 0 radical (unpaired) electrons. The summed E-state index contributed by atoms with van der Waals surface area (Å²) in [5.74, 6) is 1.08. The Hall–Kier alpha value is -2.46. The van der Waals surface area contributed by atoms with E-state index in [1.54, 1.807) is 48.5 Å². The number of benzene rings is 2. The van der Waals surface area contributed by atoms with E-state index in [0.717, 1.165) is 11.3 Å². The Morgan fingerprint density at radius 2 is 1.52 bits per heavy atom. The molecule has 0 aromatic heterocycles. The lowest BCUT2D eigenvalue weighted by Crippen LogP contribution is -2.20. The molecule has 0 aliphatic heterocycles. The summed E-state index contributed by atoms with van der Waals surface area (Å²) < 4.78 is 10.9. The maximum absolute atomic E-state index is 11.8. The highest BCUT2D eigenvalue weighted by atomic mass is 35.5. The first-order valence-electron chi connectivity index (χ1n) is 7.08. The van der Waals surface area contributed by atoms with Gasteiger partial charge in [0.1, 0.15) is 18.1 Å². The Morgan fingerprint density at radius 1 is 1.00 bits per heavy atom.